The lowest BCUT2D eigenvalue weighted by molar-refractivity contribution is -0.129. The van der Waals surface area contributed by atoms with E-state index < -0.39 is 0 Å². The van der Waals surface area contributed by atoms with E-state index in [1.165, 1.54) is 23.5 Å². The van der Waals surface area contributed by atoms with Crippen LogP contribution in [0.1, 0.15) is 28.1 Å². The lowest BCUT2D eigenvalue weighted by Gasteiger charge is -2.28. The van der Waals surface area contributed by atoms with E-state index in [1.54, 1.807) is 17.0 Å². The third kappa shape index (κ3) is 4.00. The van der Waals surface area contributed by atoms with Crippen LogP contribution in [0, 0.1) is 5.82 Å². The molecule has 2 aromatic rings. The fraction of sp³-hybridized carbons (Fsp3) is 0.333. The molecule has 1 aromatic heterocycles. The minimum atomic E-state index is -0.290. The molecule has 1 N–H and O–H groups in total. The maximum Gasteiger partial charge on any atom is 0.261 e. The summed E-state index contributed by atoms with van der Waals surface area (Å²) in [6, 6.07) is 9.82. The Labute approximate surface area is 144 Å². The molecule has 1 saturated heterocycles. The highest BCUT2D eigenvalue weighted by molar-refractivity contribution is 7.12. The summed E-state index contributed by atoms with van der Waals surface area (Å²) in [5, 5.41) is 4.75. The smallest absolute Gasteiger partial charge is 0.261 e. The molecule has 1 atom stereocenters. The number of carbonyl (C=O) groups excluding carboxylic acids is 2. The fourth-order valence-corrected chi connectivity index (χ4v) is 3.63. The summed E-state index contributed by atoms with van der Waals surface area (Å²) in [6.45, 7) is 1.05. The summed E-state index contributed by atoms with van der Waals surface area (Å²) >= 11 is 1.38. The molecule has 1 aliphatic heterocycles. The number of nitrogens with zero attached hydrogens (tertiary/aromatic N) is 1. The van der Waals surface area contributed by atoms with Crippen LogP contribution in [0.15, 0.2) is 41.8 Å². The topological polar surface area (TPSA) is 49.4 Å². The first-order valence-corrected chi connectivity index (χ1v) is 8.87. The zero-order chi connectivity index (χ0) is 16.9. The lowest BCUT2D eigenvalue weighted by Crippen LogP contribution is -2.45. The zero-order valence-electron chi connectivity index (χ0n) is 13.2. The van der Waals surface area contributed by atoms with Crippen LogP contribution in [0.5, 0.6) is 0 Å². The minimum absolute atomic E-state index is 0.0989. The predicted molar refractivity (Wildman–Crippen MR) is 91.5 cm³/mol. The van der Waals surface area contributed by atoms with E-state index in [-0.39, 0.29) is 23.7 Å². The molecule has 126 valence electrons. The summed E-state index contributed by atoms with van der Waals surface area (Å²) in [7, 11) is 0. The number of halogens is 1. The van der Waals surface area contributed by atoms with Crippen LogP contribution >= 0.6 is 11.3 Å². The van der Waals surface area contributed by atoms with Gasteiger partial charge >= 0.3 is 0 Å². The third-order valence-electron chi connectivity index (χ3n) is 4.15. The Morgan fingerprint density at radius 2 is 2.21 bits per heavy atom. The lowest BCUT2D eigenvalue weighted by atomic mass is 10.0. The molecule has 0 radical (unpaired) electrons. The van der Waals surface area contributed by atoms with Crippen LogP contribution in [0.3, 0.4) is 0 Å². The molecular formula is C18H19FN2O2S. The number of amides is 2. The second kappa shape index (κ2) is 7.57. The van der Waals surface area contributed by atoms with E-state index in [1.807, 2.05) is 17.5 Å². The second-order valence-electron chi connectivity index (χ2n) is 5.87. The van der Waals surface area contributed by atoms with Crippen molar-refractivity contribution in [2.75, 3.05) is 13.1 Å². The number of carbonyl (C=O) groups is 2. The molecule has 0 unspecified atom stereocenters. The van der Waals surface area contributed by atoms with Crippen molar-refractivity contribution in [3.8, 4) is 0 Å². The van der Waals surface area contributed by atoms with Crippen LogP contribution in [-0.4, -0.2) is 35.8 Å². The number of benzene rings is 1. The quantitative estimate of drug-likeness (QED) is 0.874. The van der Waals surface area contributed by atoms with Gasteiger partial charge in [0.25, 0.3) is 5.91 Å². The fourth-order valence-electron chi connectivity index (χ4n) is 2.99. The van der Waals surface area contributed by atoms with Gasteiger partial charge in [-0.2, -0.15) is 0 Å². The van der Waals surface area contributed by atoms with Crippen LogP contribution in [0.4, 0.5) is 4.39 Å². The standard InChI is InChI=1S/C18H19FN2O2S/c19-14-5-1-4-13(10-14)11-15(21-8-2-7-17(21)22)12-20-18(23)16-6-3-9-24-16/h1,3-6,9-10,15H,2,7-8,11-12H2,(H,20,23)/t15-/m1/s1. The van der Waals surface area contributed by atoms with Crippen molar-refractivity contribution in [2.24, 2.45) is 0 Å². The van der Waals surface area contributed by atoms with Crippen LogP contribution in [0.25, 0.3) is 0 Å². The molecule has 6 heteroatoms. The Morgan fingerprint density at radius 1 is 1.33 bits per heavy atom. The van der Waals surface area contributed by atoms with Gasteiger partial charge in [0, 0.05) is 19.5 Å². The molecule has 0 saturated carbocycles. The van der Waals surface area contributed by atoms with E-state index >= 15 is 0 Å². The van der Waals surface area contributed by atoms with Crippen molar-refractivity contribution in [2.45, 2.75) is 25.3 Å². The zero-order valence-corrected chi connectivity index (χ0v) is 14.0. The molecule has 1 fully saturated rings. The van der Waals surface area contributed by atoms with Crippen molar-refractivity contribution in [1.29, 1.82) is 0 Å². The molecule has 2 amide bonds. The van der Waals surface area contributed by atoms with Gasteiger partial charge in [-0.1, -0.05) is 18.2 Å². The molecule has 24 heavy (non-hydrogen) atoms. The van der Waals surface area contributed by atoms with Crippen molar-refractivity contribution < 1.29 is 14.0 Å². The average molecular weight is 346 g/mol. The Morgan fingerprint density at radius 3 is 2.88 bits per heavy atom. The van der Waals surface area contributed by atoms with Crippen LogP contribution in [-0.2, 0) is 11.2 Å². The SMILES string of the molecule is O=C(NC[C@@H](Cc1cccc(F)c1)N1CCCC1=O)c1cccs1. The molecule has 0 bridgehead atoms. The van der Waals surface area contributed by atoms with Crippen molar-refractivity contribution in [3.05, 3.63) is 58.0 Å². The number of thiophene rings is 1. The molecule has 3 rings (SSSR count). The number of hydrogen-bond donors (Lipinski definition) is 1. The number of nitrogens with one attached hydrogen (secondary N) is 1. The van der Waals surface area contributed by atoms with Gasteiger partial charge in [0.1, 0.15) is 5.82 Å². The normalized spacial score (nSPS) is 15.5. The highest BCUT2D eigenvalue weighted by Gasteiger charge is 2.28. The first-order valence-electron chi connectivity index (χ1n) is 7.99. The van der Waals surface area contributed by atoms with E-state index in [9.17, 15) is 14.0 Å². The Kier molecular flexibility index (Phi) is 5.25. The maximum absolute atomic E-state index is 13.4. The molecule has 1 aliphatic rings. The second-order valence-corrected chi connectivity index (χ2v) is 6.81. The summed E-state index contributed by atoms with van der Waals surface area (Å²) < 4.78 is 13.4. The Bertz CT molecular complexity index is 718. The van der Waals surface area contributed by atoms with Gasteiger partial charge < -0.3 is 10.2 Å². The highest BCUT2D eigenvalue weighted by atomic mass is 32.1. The first kappa shape index (κ1) is 16.6. The summed E-state index contributed by atoms with van der Waals surface area (Å²) in [4.78, 5) is 26.7. The van der Waals surface area contributed by atoms with Crippen LogP contribution in [0.2, 0.25) is 0 Å². The maximum atomic E-state index is 13.4. The minimum Gasteiger partial charge on any atom is -0.349 e. The number of hydrogen-bond acceptors (Lipinski definition) is 3. The predicted octanol–water partition coefficient (Wildman–Crippen LogP) is 2.85. The molecule has 1 aromatic carbocycles. The molecule has 0 spiro atoms. The van der Waals surface area contributed by atoms with Gasteiger partial charge in [-0.05, 0) is 42.0 Å². The van der Waals surface area contributed by atoms with Crippen molar-refractivity contribution >= 4 is 23.2 Å². The molecule has 2 heterocycles. The van der Waals surface area contributed by atoms with Gasteiger partial charge in [0.05, 0.1) is 10.9 Å². The number of likely N-dealkylation sites (tertiary alicyclic amines) is 1. The monoisotopic (exact) mass is 346 g/mol. The molecule has 0 aliphatic carbocycles. The third-order valence-corrected chi connectivity index (χ3v) is 5.02. The van der Waals surface area contributed by atoms with Gasteiger partial charge in [0.2, 0.25) is 5.91 Å². The van der Waals surface area contributed by atoms with Gasteiger partial charge in [-0.25, -0.2) is 4.39 Å². The van der Waals surface area contributed by atoms with Crippen molar-refractivity contribution in [3.63, 3.8) is 0 Å². The van der Waals surface area contributed by atoms with E-state index in [4.69, 9.17) is 0 Å². The Hall–Kier alpha value is -2.21. The van der Waals surface area contributed by atoms with Crippen molar-refractivity contribution in [1.82, 2.24) is 10.2 Å². The summed E-state index contributed by atoms with van der Waals surface area (Å²) in [5.74, 6) is -0.329. The number of rotatable bonds is 6. The highest BCUT2D eigenvalue weighted by Crippen LogP contribution is 2.18. The van der Waals surface area contributed by atoms with Gasteiger partial charge in [-0.3, -0.25) is 9.59 Å². The molecule has 4 nitrogen and oxygen atoms in total. The van der Waals surface area contributed by atoms with Gasteiger partial charge in [-0.15, -0.1) is 11.3 Å². The van der Waals surface area contributed by atoms with Gasteiger partial charge in [0.15, 0.2) is 0 Å². The molecular weight excluding hydrogens is 327 g/mol. The largest absolute Gasteiger partial charge is 0.349 e. The average Bonchev–Trinajstić information content (AvgIpc) is 3.23. The summed E-state index contributed by atoms with van der Waals surface area (Å²) in [5.41, 5.74) is 0.824. The van der Waals surface area contributed by atoms with E-state index in [2.05, 4.69) is 5.32 Å². The van der Waals surface area contributed by atoms with E-state index in [0.717, 1.165) is 12.0 Å². The van der Waals surface area contributed by atoms with Crippen LogP contribution < -0.4 is 5.32 Å². The summed E-state index contributed by atoms with van der Waals surface area (Å²) in [6.07, 6.45) is 1.89. The van der Waals surface area contributed by atoms with E-state index in [0.29, 0.717) is 30.8 Å². The first-order chi connectivity index (χ1) is 11.6. The Balaban J connectivity index is 1.70.